The summed E-state index contributed by atoms with van der Waals surface area (Å²) in [5.74, 6) is 1.52. The summed E-state index contributed by atoms with van der Waals surface area (Å²) in [7, 11) is 0. The van der Waals surface area contributed by atoms with Crippen molar-refractivity contribution in [2.24, 2.45) is 0 Å². The molecule has 0 radical (unpaired) electrons. The number of carbonyl (C=O) groups is 1. The minimum absolute atomic E-state index is 0.0153. The van der Waals surface area contributed by atoms with Gasteiger partial charge >= 0.3 is 0 Å². The van der Waals surface area contributed by atoms with Crippen LogP contribution in [0.1, 0.15) is 38.0 Å². The Labute approximate surface area is 146 Å². The van der Waals surface area contributed by atoms with E-state index in [0.717, 1.165) is 11.6 Å². The monoisotopic (exact) mass is 346 g/mol. The Morgan fingerprint density at radius 2 is 2.12 bits per heavy atom. The Bertz CT molecular complexity index is 800. The van der Waals surface area contributed by atoms with Crippen molar-refractivity contribution in [3.63, 3.8) is 0 Å². The molecule has 0 saturated carbocycles. The SMILES string of the molecule is CCOc1ccc(CC(=O)N2Cc3nnc(C)n3C(C)(C)C2)c(F)c1. The molecular formula is C18H23FN4O2. The number of fused-ring (bicyclic) bond motifs is 1. The van der Waals surface area contributed by atoms with Crippen LogP contribution in [-0.2, 0) is 23.3 Å². The van der Waals surface area contributed by atoms with E-state index in [1.807, 2.05) is 27.7 Å². The third-order valence-corrected chi connectivity index (χ3v) is 4.44. The first-order valence-electron chi connectivity index (χ1n) is 8.42. The van der Waals surface area contributed by atoms with Crippen molar-refractivity contribution in [2.75, 3.05) is 13.2 Å². The Morgan fingerprint density at radius 1 is 1.36 bits per heavy atom. The number of rotatable bonds is 4. The van der Waals surface area contributed by atoms with Gasteiger partial charge in [-0.3, -0.25) is 4.79 Å². The molecule has 134 valence electrons. The summed E-state index contributed by atoms with van der Waals surface area (Å²) in [5, 5.41) is 8.28. The second kappa shape index (κ2) is 6.46. The van der Waals surface area contributed by atoms with Gasteiger partial charge in [0.2, 0.25) is 5.91 Å². The van der Waals surface area contributed by atoms with Crippen LogP contribution in [0.2, 0.25) is 0 Å². The van der Waals surface area contributed by atoms with Crippen molar-refractivity contribution in [3.8, 4) is 5.75 Å². The minimum Gasteiger partial charge on any atom is -0.494 e. The van der Waals surface area contributed by atoms with E-state index in [4.69, 9.17) is 4.74 Å². The number of benzene rings is 1. The van der Waals surface area contributed by atoms with Crippen molar-refractivity contribution in [3.05, 3.63) is 41.2 Å². The molecule has 2 aromatic rings. The topological polar surface area (TPSA) is 60.2 Å². The molecule has 2 heterocycles. The van der Waals surface area contributed by atoms with Crippen LogP contribution in [0.5, 0.6) is 5.75 Å². The summed E-state index contributed by atoms with van der Waals surface area (Å²) >= 11 is 0. The number of ether oxygens (including phenoxy) is 1. The normalized spacial score (nSPS) is 15.8. The summed E-state index contributed by atoms with van der Waals surface area (Å²) in [6, 6.07) is 4.63. The van der Waals surface area contributed by atoms with E-state index >= 15 is 0 Å². The highest BCUT2D eigenvalue weighted by Gasteiger charge is 2.35. The van der Waals surface area contributed by atoms with Crippen LogP contribution in [0, 0.1) is 12.7 Å². The first kappa shape index (κ1) is 17.4. The molecular weight excluding hydrogens is 323 g/mol. The van der Waals surface area contributed by atoms with E-state index in [1.54, 1.807) is 17.0 Å². The maximum atomic E-state index is 14.2. The van der Waals surface area contributed by atoms with Gasteiger partial charge in [-0.05, 0) is 39.3 Å². The van der Waals surface area contributed by atoms with Crippen LogP contribution < -0.4 is 4.74 Å². The summed E-state index contributed by atoms with van der Waals surface area (Å²) in [5.41, 5.74) is 0.0725. The lowest BCUT2D eigenvalue weighted by Crippen LogP contribution is -2.49. The van der Waals surface area contributed by atoms with E-state index in [-0.39, 0.29) is 17.9 Å². The lowest BCUT2D eigenvalue weighted by atomic mass is 10.00. The highest BCUT2D eigenvalue weighted by Crippen LogP contribution is 2.27. The molecule has 0 fully saturated rings. The number of amides is 1. The molecule has 0 atom stereocenters. The zero-order valence-electron chi connectivity index (χ0n) is 15.0. The van der Waals surface area contributed by atoms with Gasteiger partial charge in [0.05, 0.1) is 25.1 Å². The molecule has 1 aromatic heterocycles. The molecule has 0 spiro atoms. The van der Waals surface area contributed by atoms with Crippen LogP contribution in [0.15, 0.2) is 18.2 Å². The fourth-order valence-corrected chi connectivity index (χ4v) is 3.44. The largest absolute Gasteiger partial charge is 0.494 e. The van der Waals surface area contributed by atoms with Gasteiger partial charge in [-0.25, -0.2) is 4.39 Å². The minimum atomic E-state index is -0.422. The number of nitrogens with zero attached hydrogens (tertiary/aromatic N) is 4. The second-order valence-corrected chi connectivity index (χ2v) is 6.92. The van der Waals surface area contributed by atoms with Crippen LogP contribution in [0.3, 0.4) is 0 Å². The number of halogens is 1. The van der Waals surface area contributed by atoms with Gasteiger partial charge in [-0.2, -0.15) is 0 Å². The predicted molar refractivity (Wildman–Crippen MR) is 90.8 cm³/mol. The van der Waals surface area contributed by atoms with Crippen LogP contribution >= 0.6 is 0 Å². The second-order valence-electron chi connectivity index (χ2n) is 6.92. The number of aryl methyl sites for hydroxylation is 1. The van der Waals surface area contributed by atoms with E-state index < -0.39 is 5.82 Å². The van der Waals surface area contributed by atoms with Crippen molar-refractivity contribution in [1.82, 2.24) is 19.7 Å². The number of hydrogen-bond acceptors (Lipinski definition) is 4. The third kappa shape index (κ3) is 3.36. The van der Waals surface area contributed by atoms with E-state index in [1.165, 1.54) is 6.07 Å². The molecule has 1 amide bonds. The van der Waals surface area contributed by atoms with Gasteiger partial charge < -0.3 is 14.2 Å². The Kier molecular flexibility index (Phi) is 4.49. The molecule has 6 nitrogen and oxygen atoms in total. The molecule has 3 rings (SSSR count). The Hall–Kier alpha value is -2.44. The Balaban J connectivity index is 1.76. The first-order chi connectivity index (χ1) is 11.8. The maximum absolute atomic E-state index is 14.2. The third-order valence-electron chi connectivity index (χ3n) is 4.44. The average molecular weight is 346 g/mol. The highest BCUT2D eigenvalue weighted by molar-refractivity contribution is 5.79. The molecule has 1 aliphatic heterocycles. The molecule has 0 unspecified atom stereocenters. The summed E-state index contributed by atoms with van der Waals surface area (Å²) in [4.78, 5) is 14.4. The Morgan fingerprint density at radius 3 is 2.80 bits per heavy atom. The zero-order valence-corrected chi connectivity index (χ0v) is 15.0. The van der Waals surface area contributed by atoms with Crippen molar-refractivity contribution < 1.29 is 13.9 Å². The van der Waals surface area contributed by atoms with Crippen LogP contribution in [0.25, 0.3) is 0 Å². The molecule has 0 bridgehead atoms. The van der Waals surface area contributed by atoms with E-state index in [0.29, 0.717) is 31.0 Å². The van der Waals surface area contributed by atoms with Crippen molar-refractivity contribution in [1.29, 1.82) is 0 Å². The van der Waals surface area contributed by atoms with Crippen molar-refractivity contribution in [2.45, 2.75) is 46.2 Å². The molecule has 25 heavy (non-hydrogen) atoms. The van der Waals surface area contributed by atoms with Gasteiger partial charge in [0, 0.05) is 12.6 Å². The molecule has 0 saturated heterocycles. The lowest BCUT2D eigenvalue weighted by molar-refractivity contribution is -0.133. The fourth-order valence-electron chi connectivity index (χ4n) is 3.44. The zero-order chi connectivity index (χ0) is 18.2. The van der Waals surface area contributed by atoms with Crippen molar-refractivity contribution >= 4 is 5.91 Å². The molecule has 0 N–H and O–H groups in total. The highest BCUT2D eigenvalue weighted by atomic mass is 19.1. The molecule has 7 heteroatoms. The lowest BCUT2D eigenvalue weighted by Gasteiger charge is -2.39. The van der Waals surface area contributed by atoms with Gasteiger partial charge in [0.1, 0.15) is 17.4 Å². The van der Waals surface area contributed by atoms with Gasteiger partial charge in [0.15, 0.2) is 5.82 Å². The smallest absolute Gasteiger partial charge is 0.227 e. The van der Waals surface area contributed by atoms with Gasteiger partial charge in [-0.15, -0.1) is 10.2 Å². The number of aromatic nitrogens is 3. The van der Waals surface area contributed by atoms with Gasteiger partial charge in [0.25, 0.3) is 0 Å². The van der Waals surface area contributed by atoms with E-state index in [9.17, 15) is 9.18 Å². The molecule has 0 aliphatic carbocycles. The fraction of sp³-hybridized carbons (Fsp3) is 0.500. The average Bonchev–Trinajstić information content (AvgIpc) is 2.91. The predicted octanol–water partition coefficient (Wildman–Crippen LogP) is 2.44. The molecule has 1 aliphatic rings. The quantitative estimate of drug-likeness (QED) is 0.853. The first-order valence-corrected chi connectivity index (χ1v) is 8.42. The summed E-state index contributed by atoms with van der Waals surface area (Å²) < 4.78 is 21.6. The number of carbonyl (C=O) groups excluding carboxylic acids is 1. The van der Waals surface area contributed by atoms with Gasteiger partial charge in [-0.1, -0.05) is 6.07 Å². The van der Waals surface area contributed by atoms with E-state index in [2.05, 4.69) is 14.8 Å². The number of hydrogen-bond donors (Lipinski definition) is 0. The standard InChI is InChI=1S/C18H23FN4O2/c1-5-25-14-7-6-13(15(19)9-14)8-17(24)22-10-16-21-20-12(2)23(16)18(3,4)11-22/h6-7,9H,5,8,10-11H2,1-4H3. The molecule has 1 aromatic carbocycles. The summed E-state index contributed by atoms with van der Waals surface area (Å²) in [6.07, 6.45) is 0.0153. The van der Waals surface area contributed by atoms with Crippen LogP contribution in [-0.4, -0.2) is 38.7 Å². The van der Waals surface area contributed by atoms with Crippen LogP contribution in [0.4, 0.5) is 4.39 Å². The maximum Gasteiger partial charge on any atom is 0.227 e. The summed E-state index contributed by atoms with van der Waals surface area (Å²) in [6.45, 7) is 9.24.